The predicted octanol–water partition coefficient (Wildman–Crippen LogP) is 1.89. The summed E-state index contributed by atoms with van der Waals surface area (Å²) < 4.78 is 5.64. The van der Waals surface area contributed by atoms with Crippen LogP contribution in [0.15, 0.2) is 16.6 Å². The van der Waals surface area contributed by atoms with Crippen molar-refractivity contribution in [1.82, 2.24) is 0 Å². The van der Waals surface area contributed by atoms with Crippen LogP contribution < -0.4 is 5.73 Å². The molecular weight excluding hydrogens is 284 g/mol. The van der Waals surface area contributed by atoms with Gasteiger partial charge in [0, 0.05) is 11.0 Å². The third-order valence-electron chi connectivity index (χ3n) is 2.21. The van der Waals surface area contributed by atoms with Crippen molar-refractivity contribution in [3.8, 4) is 6.07 Å². The van der Waals surface area contributed by atoms with Gasteiger partial charge < -0.3 is 10.5 Å². The highest BCUT2D eigenvalue weighted by Crippen LogP contribution is 2.24. The van der Waals surface area contributed by atoms with Crippen molar-refractivity contribution in [2.45, 2.75) is 19.9 Å². The number of nitrogens with two attached hydrogens (primary N) is 1. The molecule has 0 aliphatic rings. The van der Waals surface area contributed by atoms with Gasteiger partial charge in [-0.1, -0.05) is 15.9 Å². The quantitative estimate of drug-likeness (QED) is 0.861. The van der Waals surface area contributed by atoms with Crippen LogP contribution in [0, 0.1) is 11.3 Å². The Morgan fingerprint density at radius 1 is 1.53 bits per heavy atom. The molecule has 0 amide bonds. The number of carbonyl (C=O) groups excluding carboxylic acids is 1. The van der Waals surface area contributed by atoms with Crippen LogP contribution in [-0.4, -0.2) is 12.6 Å². The Bertz CT molecular complexity index is 466. The molecule has 0 radical (unpaired) electrons. The van der Waals surface area contributed by atoms with E-state index in [0.717, 1.165) is 15.6 Å². The van der Waals surface area contributed by atoms with Gasteiger partial charge in [-0.05, 0) is 30.2 Å². The van der Waals surface area contributed by atoms with E-state index in [1.807, 2.05) is 6.07 Å². The lowest BCUT2D eigenvalue weighted by Gasteiger charge is -2.09. The molecule has 90 valence electrons. The smallest absolute Gasteiger partial charge is 0.310 e. The molecule has 0 bridgehead atoms. The van der Waals surface area contributed by atoms with E-state index in [9.17, 15) is 4.79 Å². The van der Waals surface area contributed by atoms with Gasteiger partial charge in [0.05, 0.1) is 24.7 Å². The summed E-state index contributed by atoms with van der Waals surface area (Å²) in [6, 6.07) is 5.42. The van der Waals surface area contributed by atoms with Crippen LogP contribution in [-0.2, 0) is 22.5 Å². The largest absolute Gasteiger partial charge is 0.466 e. The zero-order valence-electron chi connectivity index (χ0n) is 9.50. The molecular formula is C12H13BrN2O2. The van der Waals surface area contributed by atoms with E-state index in [-0.39, 0.29) is 12.4 Å². The SMILES string of the molecule is CCOC(=O)Cc1cc(C#N)cc(CN)c1Br. The number of halogens is 1. The Kier molecular flexibility index (Phi) is 5.13. The Morgan fingerprint density at radius 2 is 2.18 bits per heavy atom. The fraction of sp³-hybridized carbons (Fsp3) is 0.333. The molecule has 0 unspecified atom stereocenters. The van der Waals surface area contributed by atoms with Crippen LogP contribution in [0.4, 0.5) is 0 Å². The normalized spacial score (nSPS) is 9.76. The maximum Gasteiger partial charge on any atom is 0.310 e. The maximum absolute atomic E-state index is 11.4. The van der Waals surface area contributed by atoms with Crippen LogP contribution in [0.25, 0.3) is 0 Å². The summed E-state index contributed by atoms with van der Waals surface area (Å²) in [5, 5.41) is 8.89. The fourth-order valence-corrected chi connectivity index (χ4v) is 1.99. The predicted molar refractivity (Wildman–Crippen MR) is 67.1 cm³/mol. The van der Waals surface area contributed by atoms with Gasteiger partial charge in [0.1, 0.15) is 0 Å². The number of nitriles is 1. The van der Waals surface area contributed by atoms with E-state index in [2.05, 4.69) is 15.9 Å². The second-order valence-electron chi connectivity index (χ2n) is 3.41. The van der Waals surface area contributed by atoms with Gasteiger partial charge in [-0.2, -0.15) is 5.26 Å². The molecule has 1 rings (SSSR count). The Hall–Kier alpha value is -1.38. The number of benzene rings is 1. The molecule has 0 fully saturated rings. The molecule has 5 heteroatoms. The fourth-order valence-electron chi connectivity index (χ4n) is 1.46. The molecule has 0 aliphatic heterocycles. The summed E-state index contributed by atoms with van der Waals surface area (Å²) in [6.07, 6.45) is 0.136. The molecule has 0 atom stereocenters. The Morgan fingerprint density at radius 3 is 2.71 bits per heavy atom. The van der Waals surface area contributed by atoms with E-state index in [1.54, 1.807) is 19.1 Å². The molecule has 0 aliphatic carbocycles. The minimum absolute atomic E-state index is 0.136. The highest BCUT2D eigenvalue weighted by molar-refractivity contribution is 9.10. The first kappa shape index (κ1) is 13.7. The Labute approximate surface area is 108 Å². The van der Waals surface area contributed by atoms with Gasteiger partial charge in [-0.3, -0.25) is 4.79 Å². The zero-order chi connectivity index (χ0) is 12.8. The zero-order valence-corrected chi connectivity index (χ0v) is 11.1. The van der Waals surface area contributed by atoms with Crippen molar-refractivity contribution in [1.29, 1.82) is 5.26 Å². The summed E-state index contributed by atoms with van der Waals surface area (Å²) in [5.74, 6) is -0.314. The van der Waals surface area contributed by atoms with Gasteiger partial charge in [-0.15, -0.1) is 0 Å². The Balaban J connectivity index is 3.06. The van der Waals surface area contributed by atoms with E-state index >= 15 is 0 Å². The van der Waals surface area contributed by atoms with E-state index < -0.39 is 0 Å². The summed E-state index contributed by atoms with van der Waals surface area (Å²) in [6.45, 7) is 2.41. The van der Waals surface area contributed by atoms with Gasteiger partial charge in [0.15, 0.2) is 0 Å². The molecule has 4 nitrogen and oxygen atoms in total. The second-order valence-corrected chi connectivity index (χ2v) is 4.20. The average molecular weight is 297 g/mol. The molecule has 0 spiro atoms. The van der Waals surface area contributed by atoms with E-state index in [4.69, 9.17) is 15.7 Å². The molecule has 0 saturated heterocycles. The number of hydrogen-bond donors (Lipinski definition) is 1. The third-order valence-corrected chi connectivity index (χ3v) is 3.23. The molecule has 0 aromatic heterocycles. The number of nitrogens with zero attached hydrogens (tertiary/aromatic N) is 1. The number of rotatable bonds is 4. The van der Waals surface area contributed by atoms with Crippen LogP contribution in [0.3, 0.4) is 0 Å². The molecule has 1 aromatic rings. The van der Waals surface area contributed by atoms with Crippen molar-refractivity contribution in [3.05, 3.63) is 33.3 Å². The molecule has 0 saturated carbocycles. The summed E-state index contributed by atoms with van der Waals surface area (Å²) in [7, 11) is 0. The van der Waals surface area contributed by atoms with Crippen LogP contribution in [0.5, 0.6) is 0 Å². The second kappa shape index (κ2) is 6.38. The minimum Gasteiger partial charge on any atom is -0.466 e. The van der Waals surface area contributed by atoms with Crippen molar-refractivity contribution >= 4 is 21.9 Å². The van der Waals surface area contributed by atoms with Gasteiger partial charge in [0.2, 0.25) is 0 Å². The van der Waals surface area contributed by atoms with Crippen molar-refractivity contribution in [2.75, 3.05) is 6.61 Å². The summed E-state index contributed by atoms with van der Waals surface area (Å²) in [5.41, 5.74) is 7.60. The molecule has 2 N–H and O–H groups in total. The van der Waals surface area contributed by atoms with Gasteiger partial charge in [-0.25, -0.2) is 0 Å². The number of ether oxygens (including phenoxy) is 1. The minimum atomic E-state index is -0.314. The standard InChI is InChI=1S/C12H13BrN2O2/c1-2-17-11(16)5-9-3-8(6-14)4-10(7-15)12(9)13/h3-4H,2,5,7,15H2,1H3. The summed E-state index contributed by atoms with van der Waals surface area (Å²) >= 11 is 3.39. The average Bonchev–Trinajstić information content (AvgIpc) is 2.32. The van der Waals surface area contributed by atoms with Crippen LogP contribution in [0.2, 0.25) is 0 Å². The van der Waals surface area contributed by atoms with Gasteiger partial charge >= 0.3 is 5.97 Å². The third kappa shape index (κ3) is 3.55. The topological polar surface area (TPSA) is 76.1 Å². The first-order valence-electron chi connectivity index (χ1n) is 5.19. The highest BCUT2D eigenvalue weighted by Gasteiger charge is 2.12. The number of esters is 1. The number of carbonyl (C=O) groups is 1. The first-order valence-corrected chi connectivity index (χ1v) is 5.98. The molecule has 17 heavy (non-hydrogen) atoms. The van der Waals surface area contributed by atoms with E-state index in [0.29, 0.717) is 18.7 Å². The van der Waals surface area contributed by atoms with Crippen molar-refractivity contribution in [2.24, 2.45) is 5.73 Å². The van der Waals surface area contributed by atoms with Crippen LogP contribution in [0.1, 0.15) is 23.6 Å². The number of hydrogen-bond acceptors (Lipinski definition) is 4. The van der Waals surface area contributed by atoms with E-state index in [1.165, 1.54) is 0 Å². The molecule has 1 aromatic carbocycles. The van der Waals surface area contributed by atoms with Crippen molar-refractivity contribution < 1.29 is 9.53 Å². The lowest BCUT2D eigenvalue weighted by molar-refractivity contribution is -0.142. The lowest BCUT2D eigenvalue weighted by Crippen LogP contribution is -2.09. The molecule has 0 heterocycles. The van der Waals surface area contributed by atoms with Gasteiger partial charge in [0.25, 0.3) is 0 Å². The first-order chi connectivity index (χ1) is 8.12. The van der Waals surface area contributed by atoms with Crippen molar-refractivity contribution in [3.63, 3.8) is 0 Å². The lowest BCUT2D eigenvalue weighted by atomic mass is 10.0. The maximum atomic E-state index is 11.4. The summed E-state index contributed by atoms with van der Waals surface area (Å²) in [4.78, 5) is 11.4. The monoisotopic (exact) mass is 296 g/mol. The highest BCUT2D eigenvalue weighted by atomic mass is 79.9. The van der Waals surface area contributed by atoms with Crippen LogP contribution >= 0.6 is 15.9 Å².